The molecule has 0 saturated heterocycles. The van der Waals surface area contributed by atoms with Crippen LogP contribution in [0.3, 0.4) is 0 Å². The molecule has 2 rings (SSSR count). The van der Waals surface area contributed by atoms with Crippen LogP contribution in [0.25, 0.3) is 0 Å². The third-order valence-corrected chi connectivity index (χ3v) is 3.37. The number of hydrogen-bond acceptors (Lipinski definition) is 5. The molecule has 2 aromatic rings. The molecular formula is C13H14N4S. The van der Waals surface area contributed by atoms with Crippen molar-refractivity contribution in [3.8, 4) is 6.07 Å². The highest BCUT2D eigenvalue weighted by atomic mass is 32.1. The Kier molecular flexibility index (Phi) is 3.80. The van der Waals surface area contributed by atoms with E-state index >= 15 is 0 Å². The predicted molar refractivity (Wildman–Crippen MR) is 74.6 cm³/mol. The third-order valence-electron chi connectivity index (χ3n) is 2.55. The molecule has 3 N–H and O–H groups in total. The van der Waals surface area contributed by atoms with Gasteiger partial charge in [0.2, 0.25) is 0 Å². The first-order chi connectivity index (χ1) is 8.69. The topological polar surface area (TPSA) is 74.7 Å². The molecule has 1 aromatic heterocycles. The fraction of sp³-hybridized carbons (Fsp3) is 0.231. The third kappa shape index (κ3) is 2.99. The monoisotopic (exact) mass is 258 g/mol. The summed E-state index contributed by atoms with van der Waals surface area (Å²) in [5.41, 5.74) is 8.79. The molecule has 92 valence electrons. The molecule has 0 amide bonds. The number of nitriles is 1. The number of nitrogens with zero attached hydrogens (tertiary/aromatic N) is 2. The second kappa shape index (κ2) is 5.52. The zero-order chi connectivity index (χ0) is 13.0. The Hall–Kier alpha value is -2.06. The van der Waals surface area contributed by atoms with Crippen molar-refractivity contribution in [1.29, 1.82) is 5.26 Å². The Morgan fingerprint density at radius 1 is 1.50 bits per heavy atom. The molecule has 0 aliphatic heterocycles. The van der Waals surface area contributed by atoms with Gasteiger partial charge in [-0.1, -0.05) is 0 Å². The average Bonchev–Trinajstić information content (AvgIpc) is 2.75. The van der Waals surface area contributed by atoms with Gasteiger partial charge in [-0.05, 0) is 25.1 Å². The molecule has 5 heteroatoms. The van der Waals surface area contributed by atoms with Gasteiger partial charge in [0.05, 0.1) is 22.0 Å². The van der Waals surface area contributed by atoms with E-state index in [9.17, 15) is 0 Å². The molecule has 1 heterocycles. The van der Waals surface area contributed by atoms with Crippen LogP contribution in [0.1, 0.15) is 16.3 Å². The number of thiazole rings is 1. The highest BCUT2D eigenvalue weighted by molar-refractivity contribution is 7.09. The summed E-state index contributed by atoms with van der Waals surface area (Å²) in [4.78, 5) is 4.40. The summed E-state index contributed by atoms with van der Waals surface area (Å²) >= 11 is 1.66. The number of hydrogen-bond donors (Lipinski definition) is 2. The number of nitrogen functional groups attached to an aromatic ring is 1. The van der Waals surface area contributed by atoms with Gasteiger partial charge in [-0.3, -0.25) is 0 Å². The predicted octanol–water partition coefficient (Wildman–Crippen LogP) is 2.56. The highest BCUT2D eigenvalue weighted by Crippen LogP contribution is 2.17. The minimum Gasteiger partial charge on any atom is -0.398 e. The maximum Gasteiger partial charge on any atom is 0.101 e. The number of rotatable bonds is 4. The molecule has 0 saturated carbocycles. The molecule has 0 aliphatic carbocycles. The molecule has 0 spiro atoms. The van der Waals surface area contributed by atoms with Crippen molar-refractivity contribution in [3.63, 3.8) is 0 Å². The number of anilines is 2. The van der Waals surface area contributed by atoms with Gasteiger partial charge in [-0.25, -0.2) is 4.98 Å². The van der Waals surface area contributed by atoms with Gasteiger partial charge in [-0.15, -0.1) is 11.3 Å². The zero-order valence-electron chi connectivity index (χ0n) is 10.1. The normalized spacial score (nSPS) is 10.0. The number of aromatic nitrogens is 1. The van der Waals surface area contributed by atoms with E-state index in [-0.39, 0.29) is 0 Å². The summed E-state index contributed by atoms with van der Waals surface area (Å²) in [5, 5.41) is 15.2. The van der Waals surface area contributed by atoms with Gasteiger partial charge < -0.3 is 11.1 Å². The summed E-state index contributed by atoms with van der Waals surface area (Å²) in [6.07, 6.45) is 0.879. The van der Waals surface area contributed by atoms with E-state index < -0.39 is 0 Å². The first-order valence-corrected chi connectivity index (χ1v) is 6.51. The van der Waals surface area contributed by atoms with Crippen LogP contribution in [0.5, 0.6) is 0 Å². The van der Waals surface area contributed by atoms with Gasteiger partial charge in [0.1, 0.15) is 6.07 Å². The maximum atomic E-state index is 8.78. The van der Waals surface area contributed by atoms with Crippen molar-refractivity contribution >= 4 is 22.7 Å². The van der Waals surface area contributed by atoms with E-state index in [4.69, 9.17) is 11.0 Å². The Morgan fingerprint density at radius 3 is 2.94 bits per heavy atom. The van der Waals surface area contributed by atoms with Crippen molar-refractivity contribution in [2.75, 3.05) is 17.6 Å². The van der Waals surface area contributed by atoms with E-state index in [0.29, 0.717) is 11.3 Å². The van der Waals surface area contributed by atoms with Crippen LogP contribution < -0.4 is 11.1 Å². The Labute approximate surface area is 110 Å². The lowest BCUT2D eigenvalue weighted by Crippen LogP contribution is -2.05. The van der Waals surface area contributed by atoms with Gasteiger partial charge in [-0.2, -0.15) is 5.26 Å². The standard InChI is InChI=1S/C13H14N4S/c1-9-17-12(8-18-9)4-5-16-11-3-2-10(7-14)13(15)6-11/h2-3,6,8,16H,4-5,15H2,1H3. The van der Waals surface area contributed by atoms with Crippen molar-refractivity contribution in [2.45, 2.75) is 13.3 Å². The molecule has 0 bridgehead atoms. The minimum absolute atomic E-state index is 0.506. The lowest BCUT2D eigenvalue weighted by molar-refractivity contribution is 0.968. The first-order valence-electron chi connectivity index (χ1n) is 5.63. The van der Waals surface area contributed by atoms with Crippen molar-refractivity contribution in [1.82, 2.24) is 4.98 Å². The van der Waals surface area contributed by atoms with Crippen LogP contribution in [0.15, 0.2) is 23.6 Å². The van der Waals surface area contributed by atoms with E-state index in [1.165, 1.54) is 0 Å². The highest BCUT2D eigenvalue weighted by Gasteiger charge is 2.01. The van der Waals surface area contributed by atoms with Gasteiger partial charge in [0.25, 0.3) is 0 Å². The van der Waals surface area contributed by atoms with Crippen LogP contribution in [-0.2, 0) is 6.42 Å². The Morgan fingerprint density at radius 2 is 2.33 bits per heavy atom. The quantitative estimate of drug-likeness (QED) is 0.826. The van der Waals surface area contributed by atoms with E-state index in [1.807, 2.05) is 19.1 Å². The molecule has 0 unspecified atom stereocenters. The maximum absolute atomic E-state index is 8.78. The van der Waals surface area contributed by atoms with Crippen LogP contribution in [0, 0.1) is 18.3 Å². The molecule has 0 aliphatic rings. The SMILES string of the molecule is Cc1nc(CCNc2ccc(C#N)c(N)c2)cs1. The molecule has 0 radical (unpaired) electrons. The molecule has 0 atom stereocenters. The fourth-order valence-corrected chi connectivity index (χ4v) is 2.28. The zero-order valence-corrected chi connectivity index (χ0v) is 10.9. The van der Waals surface area contributed by atoms with E-state index in [1.54, 1.807) is 23.5 Å². The van der Waals surface area contributed by atoms with Crippen LogP contribution in [0.2, 0.25) is 0 Å². The summed E-state index contributed by atoms with van der Waals surface area (Å²) in [6, 6.07) is 7.42. The van der Waals surface area contributed by atoms with Crippen molar-refractivity contribution in [3.05, 3.63) is 39.8 Å². The Bertz CT molecular complexity index is 583. The van der Waals surface area contributed by atoms with Crippen LogP contribution in [0.4, 0.5) is 11.4 Å². The second-order valence-electron chi connectivity index (χ2n) is 3.95. The fourth-order valence-electron chi connectivity index (χ4n) is 1.63. The number of nitrogens with two attached hydrogens (primary N) is 1. The number of aryl methyl sites for hydroxylation is 1. The van der Waals surface area contributed by atoms with Crippen LogP contribution >= 0.6 is 11.3 Å². The molecular weight excluding hydrogens is 244 g/mol. The largest absolute Gasteiger partial charge is 0.398 e. The number of nitrogens with one attached hydrogen (secondary N) is 1. The molecule has 18 heavy (non-hydrogen) atoms. The molecule has 1 aromatic carbocycles. The molecule has 0 fully saturated rings. The summed E-state index contributed by atoms with van der Waals surface area (Å²) in [6.45, 7) is 2.80. The first kappa shape index (κ1) is 12.4. The van der Waals surface area contributed by atoms with Crippen LogP contribution in [-0.4, -0.2) is 11.5 Å². The second-order valence-corrected chi connectivity index (χ2v) is 5.01. The Balaban J connectivity index is 1.91. The molecule has 4 nitrogen and oxygen atoms in total. The summed E-state index contributed by atoms with van der Waals surface area (Å²) in [7, 11) is 0. The van der Waals surface area contributed by atoms with Gasteiger partial charge in [0.15, 0.2) is 0 Å². The average molecular weight is 258 g/mol. The smallest absolute Gasteiger partial charge is 0.101 e. The summed E-state index contributed by atoms with van der Waals surface area (Å²) < 4.78 is 0. The van der Waals surface area contributed by atoms with Crippen molar-refractivity contribution < 1.29 is 0 Å². The number of benzene rings is 1. The lowest BCUT2D eigenvalue weighted by atomic mass is 10.2. The van der Waals surface area contributed by atoms with E-state index in [0.717, 1.165) is 29.4 Å². The van der Waals surface area contributed by atoms with Gasteiger partial charge in [0, 0.05) is 24.0 Å². The summed E-state index contributed by atoms with van der Waals surface area (Å²) in [5.74, 6) is 0. The lowest BCUT2D eigenvalue weighted by Gasteiger charge is -2.06. The minimum atomic E-state index is 0.506. The van der Waals surface area contributed by atoms with Gasteiger partial charge >= 0.3 is 0 Å². The van der Waals surface area contributed by atoms with E-state index in [2.05, 4.69) is 15.7 Å². The van der Waals surface area contributed by atoms with Crippen molar-refractivity contribution in [2.24, 2.45) is 0 Å².